The number of para-hydroxylation sites is 1. The second kappa shape index (κ2) is 5.19. The lowest BCUT2D eigenvalue weighted by Gasteiger charge is -2.20. The highest BCUT2D eigenvalue weighted by Gasteiger charge is 2.27. The van der Waals surface area contributed by atoms with Gasteiger partial charge in [-0.05, 0) is 31.9 Å². The fourth-order valence-corrected chi connectivity index (χ4v) is 1.50. The highest BCUT2D eigenvalue weighted by molar-refractivity contribution is 5.77. The van der Waals surface area contributed by atoms with Gasteiger partial charge in [-0.1, -0.05) is 18.2 Å². The van der Waals surface area contributed by atoms with E-state index in [1.807, 2.05) is 32.0 Å². The lowest BCUT2D eigenvalue weighted by molar-refractivity contribution is -0.143. The van der Waals surface area contributed by atoms with Gasteiger partial charge in [-0.2, -0.15) is 0 Å². The highest BCUT2D eigenvalue weighted by atomic mass is 16.5. The summed E-state index contributed by atoms with van der Waals surface area (Å²) >= 11 is 0. The van der Waals surface area contributed by atoms with Crippen molar-refractivity contribution in [3.8, 4) is 5.75 Å². The number of hydrogen-bond acceptors (Lipinski definition) is 3. The zero-order valence-electron chi connectivity index (χ0n) is 10.5. The number of carbonyl (C=O) groups is 1. The number of nitrogens with two attached hydrogens (primary N) is 1. The second-order valence-corrected chi connectivity index (χ2v) is 4.54. The van der Waals surface area contributed by atoms with Crippen molar-refractivity contribution in [1.82, 2.24) is 0 Å². The predicted molar refractivity (Wildman–Crippen MR) is 66.3 cm³/mol. The van der Waals surface area contributed by atoms with Gasteiger partial charge in [-0.15, -0.1) is 0 Å². The molecule has 0 aromatic heterocycles. The van der Waals surface area contributed by atoms with Crippen LogP contribution >= 0.6 is 0 Å². The Hall–Kier alpha value is -1.55. The summed E-state index contributed by atoms with van der Waals surface area (Å²) in [6.07, 6.45) is 0.274. The fourth-order valence-electron chi connectivity index (χ4n) is 1.50. The molecule has 1 aromatic rings. The minimum Gasteiger partial charge on any atom is -0.493 e. The molecule has 0 saturated carbocycles. The zero-order chi connectivity index (χ0) is 13.1. The van der Waals surface area contributed by atoms with Crippen molar-refractivity contribution in [3.63, 3.8) is 0 Å². The molecule has 0 aliphatic heterocycles. The van der Waals surface area contributed by atoms with E-state index in [2.05, 4.69) is 0 Å². The van der Waals surface area contributed by atoms with Crippen LogP contribution in [-0.2, 0) is 4.79 Å². The quantitative estimate of drug-likeness (QED) is 0.820. The van der Waals surface area contributed by atoms with Crippen molar-refractivity contribution in [3.05, 3.63) is 29.3 Å². The molecule has 4 heteroatoms. The number of carboxylic acids is 1. The molecule has 4 nitrogen and oxygen atoms in total. The van der Waals surface area contributed by atoms with Crippen molar-refractivity contribution in [1.29, 1.82) is 0 Å². The topological polar surface area (TPSA) is 72.5 Å². The standard InChI is InChI=1S/C13H19NO3/c1-9-5-4-6-10(2)11(9)17-8-7-13(3,14)12(15)16/h4-6H,7-8,14H2,1-3H3,(H,15,16). The molecule has 0 fully saturated rings. The predicted octanol–water partition coefficient (Wildman–Crippen LogP) is 1.87. The Bertz CT molecular complexity index is 393. The molecule has 0 heterocycles. The number of carboxylic acid groups (broad SMARTS) is 1. The molecule has 0 amide bonds. The van der Waals surface area contributed by atoms with Crippen LogP contribution < -0.4 is 10.5 Å². The lowest BCUT2D eigenvalue weighted by atomic mass is 10.0. The molecule has 0 spiro atoms. The van der Waals surface area contributed by atoms with E-state index >= 15 is 0 Å². The van der Waals surface area contributed by atoms with Gasteiger partial charge in [-0.25, -0.2) is 0 Å². The monoisotopic (exact) mass is 237 g/mol. The van der Waals surface area contributed by atoms with Crippen molar-refractivity contribution in [2.45, 2.75) is 32.7 Å². The molecule has 17 heavy (non-hydrogen) atoms. The molecule has 1 rings (SSSR count). The maximum atomic E-state index is 10.8. The Kier molecular flexibility index (Phi) is 4.12. The van der Waals surface area contributed by atoms with Gasteiger partial charge in [0, 0.05) is 6.42 Å². The van der Waals surface area contributed by atoms with Crippen LogP contribution in [0.25, 0.3) is 0 Å². The van der Waals surface area contributed by atoms with Crippen LogP contribution in [0.2, 0.25) is 0 Å². The summed E-state index contributed by atoms with van der Waals surface area (Å²) in [5.41, 5.74) is 6.46. The number of ether oxygens (including phenoxy) is 1. The number of benzene rings is 1. The van der Waals surface area contributed by atoms with Crippen molar-refractivity contribution in [2.24, 2.45) is 5.73 Å². The summed E-state index contributed by atoms with van der Waals surface area (Å²) in [6.45, 7) is 5.71. The maximum absolute atomic E-state index is 10.8. The summed E-state index contributed by atoms with van der Waals surface area (Å²) in [5.74, 6) is -0.198. The number of aliphatic carboxylic acids is 1. The molecule has 1 aromatic carbocycles. The Balaban J connectivity index is 2.60. The summed E-state index contributed by atoms with van der Waals surface area (Å²) < 4.78 is 5.61. The summed E-state index contributed by atoms with van der Waals surface area (Å²) in [6, 6.07) is 5.88. The van der Waals surface area contributed by atoms with Gasteiger partial charge in [0.25, 0.3) is 0 Å². The van der Waals surface area contributed by atoms with Crippen LogP contribution in [0.5, 0.6) is 5.75 Å². The summed E-state index contributed by atoms with van der Waals surface area (Å²) in [4.78, 5) is 10.8. The Morgan fingerprint density at radius 1 is 1.41 bits per heavy atom. The van der Waals surface area contributed by atoms with Gasteiger partial charge in [-0.3, -0.25) is 4.79 Å². The van der Waals surface area contributed by atoms with E-state index in [0.29, 0.717) is 6.61 Å². The first-order chi connectivity index (χ1) is 7.84. The molecule has 0 saturated heterocycles. The minimum absolute atomic E-state index is 0.274. The van der Waals surface area contributed by atoms with Gasteiger partial charge < -0.3 is 15.6 Å². The average Bonchev–Trinajstić information content (AvgIpc) is 2.22. The SMILES string of the molecule is Cc1cccc(C)c1OCCC(C)(N)C(=O)O. The van der Waals surface area contributed by atoms with Gasteiger partial charge in [0.2, 0.25) is 0 Å². The Morgan fingerprint density at radius 2 is 1.94 bits per heavy atom. The third kappa shape index (κ3) is 3.46. The van der Waals surface area contributed by atoms with E-state index in [1.165, 1.54) is 6.92 Å². The van der Waals surface area contributed by atoms with Crippen LogP contribution in [0.15, 0.2) is 18.2 Å². The van der Waals surface area contributed by atoms with E-state index in [9.17, 15) is 4.79 Å². The largest absolute Gasteiger partial charge is 0.493 e. The first-order valence-corrected chi connectivity index (χ1v) is 5.56. The molecule has 94 valence electrons. The van der Waals surface area contributed by atoms with E-state index in [-0.39, 0.29) is 6.42 Å². The zero-order valence-corrected chi connectivity index (χ0v) is 10.5. The van der Waals surface area contributed by atoms with Crippen LogP contribution in [0.3, 0.4) is 0 Å². The van der Waals surface area contributed by atoms with Crippen molar-refractivity contribution in [2.75, 3.05) is 6.61 Å². The smallest absolute Gasteiger partial charge is 0.323 e. The third-order valence-electron chi connectivity index (χ3n) is 2.77. The van der Waals surface area contributed by atoms with Gasteiger partial charge >= 0.3 is 5.97 Å². The molecule has 0 aliphatic carbocycles. The van der Waals surface area contributed by atoms with Gasteiger partial charge in [0.05, 0.1) is 6.61 Å². The minimum atomic E-state index is -1.24. The molecule has 0 aliphatic rings. The fraction of sp³-hybridized carbons (Fsp3) is 0.462. The molecule has 0 bridgehead atoms. The van der Waals surface area contributed by atoms with Gasteiger partial charge in [0.1, 0.15) is 11.3 Å². The molecular weight excluding hydrogens is 218 g/mol. The molecule has 0 radical (unpaired) electrons. The second-order valence-electron chi connectivity index (χ2n) is 4.54. The number of rotatable bonds is 5. The number of hydrogen-bond donors (Lipinski definition) is 2. The van der Waals surface area contributed by atoms with E-state index < -0.39 is 11.5 Å². The normalized spacial score (nSPS) is 14.1. The van der Waals surface area contributed by atoms with Crippen molar-refractivity contribution >= 4 is 5.97 Å². The van der Waals surface area contributed by atoms with Crippen LogP contribution in [0, 0.1) is 13.8 Å². The Morgan fingerprint density at radius 3 is 2.41 bits per heavy atom. The molecule has 1 atom stereocenters. The van der Waals surface area contributed by atoms with Gasteiger partial charge in [0.15, 0.2) is 0 Å². The average molecular weight is 237 g/mol. The highest BCUT2D eigenvalue weighted by Crippen LogP contribution is 2.22. The molecule has 1 unspecified atom stereocenters. The van der Waals surface area contributed by atoms with E-state index in [4.69, 9.17) is 15.6 Å². The first kappa shape index (κ1) is 13.5. The maximum Gasteiger partial charge on any atom is 0.323 e. The van der Waals surface area contributed by atoms with E-state index in [0.717, 1.165) is 16.9 Å². The van der Waals surface area contributed by atoms with Crippen LogP contribution in [-0.4, -0.2) is 23.2 Å². The Labute approximate surface area is 101 Å². The number of aryl methyl sites for hydroxylation is 2. The molecular formula is C13H19NO3. The first-order valence-electron chi connectivity index (χ1n) is 5.56. The summed E-state index contributed by atoms with van der Waals surface area (Å²) in [7, 11) is 0. The molecule has 3 N–H and O–H groups in total. The summed E-state index contributed by atoms with van der Waals surface area (Å²) in [5, 5.41) is 8.87. The lowest BCUT2D eigenvalue weighted by Crippen LogP contribution is -2.45. The third-order valence-corrected chi connectivity index (χ3v) is 2.77. The van der Waals surface area contributed by atoms with Crippen LogP contribution in [0.4, 0.5) is 0 Å². The van der Waals surface area contributed by atoms with E-state index in [1.54, 1.807) is 0 Å². The van der Waals surface area contributed by atoms with Crippen LogP contribution in [0.1, 0.15) is 24.5 Å². The van der Waals surface area contributed by atoms with Crippen molar-refractivity contribution < 1.29 is 14.6 Å².